The topological polar surface area (TPSA) is 124 Å². The Morgan fingerprint density at radius 1 is 1.19 bits per heavy atom. The van der Waals surface area contributed by atoms with Crippen LogP contribution in [0.15, 0.2) is 47.5 Å². The van der Waals surface area contributed by atoms with Gasteiger partial charge in [-0.05, 0) is 18.2 Å². The van der Waals surface area contributed by atoms with Crippen LogP contribution in [0.5, 0.6) is 11.5 Å². The van der Waals surface area contributed by atoms with Gasteiger partial charge in [-0.3, -0.25) is 15.1 Å². The van der Waals surface area contributed by atoms with Gasteiger partial charge in [-0.1, -0.05) is 12.1 Å². The normalized spacial score (nSPS) is 10.9. The molecule has 2 aromatic rings. The van der Waals surface area contributed by atoms with E-state index in [2.05, 4.69) is 15.6 Å². The predicted octanol–water partition coefficient (Wildman–Crippen LogP) is 2.45. The molecule has 0 bridgehead atoms. The zero-order valence-electron chi connectivity index (χ0n) is 14.6. The van der Waals surface area contributed by atoms with E-state index in [4.69, 9.17) is 15.2 Å². The average Bonchev–Trinajstić information content (AvgIpc) is 2.65. The Kier molecular flexibility index (Phi) is 6.60. The standard InChI is InChI=1S/C17H21N5O4/c1-25-12-7-8-16(26-2)14(11-12)21-17(18)20-10-9-19-13-5-3-4-6-15(13)22(23)24/h3-8,11,19H,9-10H2,1-2H3,(H3,18,20,21). The molecule has 0 fully saturated rings. The molecule has 0 spiro atoms. The van der Waals surface area contributed by atoms with Gasteiger partial charge in [0.1, 0.15) is 17.2 Å². The predicted molar refractivity (Wildman–Crippen MR) is 101 cm³/mol. The summed E-state index contributed by atoms with van der Waals surface area (Å²) in [4.78, 5) is 14.7. The van der Waals surface area contributed by atoms with E-state index >= 15 is 0 Å². The first kappa shape index (κ1) is 18.8. The van der Waals surface area contributed by atoms with E-state index in [9.17, 15) is 10.1 Å². The van der Waals surface area contributed by atoms with Gasteiger partial charge in [0.25, 0.3) is 5.69 Å². The van der Waals surface area contributed by atoms with E-state index in [0.717, 1.165) is 0 Å². The molecule has 0 unspecified atom stereocenters. The number of nitrogens with zero attached hydrogens (tertiary/aromatic N) is 2. The van der Waals surface area contributed by atoms with Crippen molar-refractivity contribution >= 4 is 23.0 Å². The van der Waals surface area contributed by atoms with Crippen molar-refractivity contribution in [2.75, 3.05) is 37.9 Å². The number of nitrogens with two attached hydrogens (primary N) is 1. The van der Waals surface area contributed by atoms with E-state index in [0.29, 0.717) is 36.0 Å². The molecule has 0 aliphatic heterocycles. The number of ether oxygens (including phenoxy) is 2. The number of rotatable bonds is 8. The highest BCUT2D eigenvalue weighted by molar-refractivity contribution is 5.94. The third-order valence-electron chi connectivity index (χ3n) is 3.48. The summed E-state index contributed by atoms with van der Waals surface area (Å²) in [6.07, 6.45) is 0. The minimum absolute atomic E-state index is 0.0173. The largest absolute Gasteiger partial charge is 0.497 e. The van der Waals surface area contributed by atoms with Crippen molar-refractivity contribution < 1.29 is 14.4 Å². The summed E-state index contributed by atoms with van der Waals surface area (Å²) in [6.45, 7) is 0.722. The molecule has 0 saturated carbocycles. The maximum atomic E-state index is 11.0. The summed E-state index contributed by atoms with van der Waals surface area (Å²) in [5, 5.41) is 16.9. The van der Waals surface area contributed by atoms with Gasteiger partial charge in [0.15, 0.2) is 5.96 Å². The van der Waals surface area contributed by atoms with Gasteiger partial charge >= 0.3 is 0 Å². The van der Waals surface area contributed by atoms with Gasteiger partial charge < -0.3 is 25.8 Å². The van der Waals surface area contributed by atoms with Crippen LogP contribution < -0.4 is 25.8 Å². The summed E-state index contributed by atoms with van der Waals surface area (Å²) < 4.78 is 10.4. The van der Waals surface area contributed by atoms with E-state index in [1.807, 2.05) is 0 Å². The number of methoxy groups -OCH3 is 2. The lowest BCUT2D eigenvalue weighted by molar-refractivity contribution is -0.384. The van der Waals surface area contributed by atoms with Crippen LogP contribution in [-0.4, -0.2) is 38.2 Å². The summed E-state index contributed by atoms with van der Waals surface area (Å²) in [7, 11) is 3.12. The van der Waals surface area contributed by atoms with Crippen molar-refractivity contribution in [3.63, 3.8) is 0 Å². The fourth-order valence-electron chi connectivity index (χ4n) is 2.24. The van der Waals surface area contributed by atoms with Gasteiger partial charge in [-0.15, -0.1) is 0 Å². The molecule has 9 heteroatoms. The molecule has 26 heavy (non-hydrogen) atoms. The van der Waals surface area contributed by atoms with E-state index < -0.39 is 4.92 Å². The molecule has 2 aromatic carbocycles. The van der Waals surface area contributed by atoms with Crippen LogP contribution in [0.2, 0.25) is 0 Å². The molecule has 0 atom stereocenters. The summed E-state index contributed by atoms with van der Waals surface area (Å²) in [5.41, 5.74) is 6.97. The van der Waals surface area contributed by atoms with Crippen LogP contribution in [0.3, 0.4) is 0 Å². The second-order valence-electron chi connectivity index (χ2n) is 5.16. The Hall–Kier alpha value is -3.49. The first-order chi connectivity index (χ1) is 12.5. The highest BCUT2D eigenvalue weighted by Gasteiger charge is 2.11. The molecule has 0 amide bonds. The fourth-order valence-corrected chi connectivity index (χ4v) is 2.24. The minimum Gasteiger partial charge on any atom is -0.497 e. The number of guanidine groups is 1. The smallest absolute Gasteiger partial charge is 0.292 e. The van der Waals surface area contributed by atoms with Gasteiger partial charge in [0, 0.05) is 18.7 Å². The number of benzene rings is 2. The van der Waals surface area contributed by atoms with Gasteiger partial charge in [-0.25, -0.2) is 0 Å². The third-order valence-corrected chi connectivity index (χ3v) is 3.48. The monoisotopic (exact) mass is 359 g/mol. The molecule has 138 valence electrons. The quantitative estimate of drug-likeness (QED) is 0.217. The number of nitro benzene ring substituents is 1. The molecule has 2 rings (SSSR count). The van der Waals surface area contributed by atoms with Crippen molar-refractivity contribution in [3.8, 4) is 11.5 Å². The zero-order valence-corrected chi connectivity index (χ0v) is 14.6. The summed E-state index contributed by atoms with van der Waals surface area (Å²) in [6, 6.07) is 11.7. The SMILES string of the molecule is COc1ccc(OC)c(NC(N)=NCCNc2ccccc2[N+](=O)[O-])c1. The lowest BCUT2D eigenvalue weighted by Gasteiger charge is -2.12. The zero-order chi connectivity index (χ0) is 18.9. The van der Waals surface area contributed by atoms with Crippen molar-refractivity contribution in [1.29, 1.82) is 0 Å². The Morgan fingerprint density at radius 2 is 1.96 bits per heavy atom. The maximum absolute atomic E-state index is 11.0. The molecule has 0 saturated heterocycles. The molecular weight excluding hydrogens is 338 g/mol. The molecule has 0 aliphatic carbocycles. The van der Waals surface area contributed by atoms with Crippen molar-refractivity contribution in [2.45, 2.75) is 0 Å². The highest BCUT2D eigenvalue weighted by atomic mass is 16.6. The van der Waals surface area contributed by atoms with Crippen molar-refractivity contribution in [1.82, 2.24) is 0 Å². The number of nitro groups is 1. The van der Waals surface area contributed by atoms with E-state index in [1.165, 1.54) is 6.07 Å². The van der Waals surface area contributed by atoms with Crippen LogP contribution in [0, 0.1) is 10.1 Å². The number of aliphatic imine (C=N–C) groups is 1. The van der Waals surface area contributed by atoms with Crippen LogP contribution >= 0.6 is 0 Å². The Morgan fingerprint density at radius 3 is 2.65 bits per heavy atom. The lowest BCUT2D eigenvalue weighted by atomic mass is 10.2. The molecule has 0 aromatic heterocycles. The fraction of sp³-hybridized carbons (Fsp3) is 0.235. The van der Waals surface area contributed by atoms with Gasteiger partial charge in [0.2, 0.25) is 0 Å². The molecule has 0 radical (unpaired) electrons. The Balaban J connectivity index is 1.94. The Labute approximate surface area is 151 Å². The molecule has 0 aliphatic rings. The summed E-state index contributed by atoms with van der Waals surface area (Å²) >= 11 is 0. The van der Waals surface area contributed by atoms with Crippen LogP contribution in [-0.2, 0) is 0 Å². The second-order valence-corrected chi connectivity index (χ2v) is 5.16. The first-order valence-corrected chi connectivity index (χ1v) is 7.81. The van der Waals surface area contributed by atoms with E-state index in [-0.39, 0.29) is 11.6 Å². The minimum atomic E-state index is -0.434. The maximum Gasteiger partial charge on any atom is 0.292 e. The first-order valence-electron chi connectivity index (χ1n) is 7.81. The van der Waals surface area contributed by atoms with Gasteiger partial charge in [-0.2, -0.15) is 0 Å². The van der Waals surface area contributed by atoms with Crippen LogP contribution in [0.1, 0.15) is 0 Å². The highest BCUT2D eigenvalue weighted by Crippen LogP contribution is 2.28. The number of hydrogen-bond donors (Lipinski definition) is 3. The molecule has 4 N–H and O–H groups in total. The molecular formula is C17H21N5O4. The number of anilines is 2. The third kappa shape index (κ3) is 5.00. The molecule has 9 nitrogen and oxygen atoms in total. The number of hydrogen-bond acceptors (Lipinski definition) is 6. The van der Waals surface area contributed by atoms with Crippen molar-refractivity contribution in [2.24, 2.45) is 10.7 Å². The Bertz CT molecular complexity index is 794. The van der Waals surface area contributed by atoms with E-state index in [1.54, 1.807) is 50.6 Å². The van der Waals surface area contributed by atoms with Crippen LogP contribution in [0.4, 0.5) is 17.1 Å². The molecule has 0 heterocycles. The second kappa shape index (κ2) is 9.11. The van der Waals surface area contributed by atoms with Crippen LogP contribution in [0.25, 0.3) is 0 Å². The summed E-state index contributed by atoms with van der Waals surface area (Å²) in [5.74, 6) is 1.45. The van der Waals surface area contributed by atoms with Crippen molar-refractivity contribution in [3.05, 3.63) is 52.6 Å². The number of para-hydroxylation sites is 2. The average molecular weight is 359 g/mol. The lowest BCUT2D eigenvalue weighted by Crippen LogP contribution is -2.24. The van der Waals surface area contributed by atoms with Gasteiger partial charge in [0.05, 0.1) is 31.4 Å². The number of nitrogens with one attached hydrogen (secondary N) is 2.